The van der Waals surface area contributed by atoms with Crippen LogP contribution in [0.4, 0.5) is 0 Å². The monoisotopic (exact) mass is 302 g/mol. The Bertz CT molecular complexity index is 432. The molecule has 1 aromatic rings. The molecule has 3 N–H and O–H groups in total. The predicted molar refractivity (Wildman–Crippen MR) is 83.8 cm³/mol. The molecule has 5 nitrogen and oxygen atoms in total. The summed E-state index contributed by atoms with van der Waals surface area (Å²) in [6, 6.07) is -0.0507. The summed E-state index contributed by atoms with van der Waals surface area (Å²) >= 11 is 0. The third-order valence-corrected chi connectivity index (χ3v) is 4.31. The van der Waals surface area contributed by atoms with Gasteiger partial charge in [-0.2, -0.15) is 5.10 Å². The Hall–Kier alpha value is -1.07. The van der Waals surface area contributed by atoms with E-state index in [1.807, 2.05) is 45.6 Å². The molecule has 0 saturated carbocycles. The zero-order chi connectivity index (χ0) is 14.6. The lowest BCUT2D eigenvalue weighted by Gasteiger charge is -2.30. The summed E-state index contributed by atoms with van der Waals surface area (Å²) in [4.78, 5) is 12.4. The zero-order valence-corrected chi connectivity index (χ0v) is 13.9. The lowest BCUT2D eigenvalue weighted by molar-refractivity contribution is -0.131. The van der Waals surface area contributed by atoms with E-state index in [9.17, 15) is 4.79 Å². The highest BCUT2D eigenvalue weighted by atomic mass is 35.5. The van der Waals surface area contributed by atoms with E-state index in [-0.39, 0.29) is 24.4 Å². The van der Waals surface area contributed by atoms with Crippen molar-refractivity contribution in [2.45, 2.75) is 46.6 Å². The van der Waals surface area contributed by atoms with E-state index >= 15 is 0 Å². The van der Waals surface area contributed by atoms with Gasteiger partial charge in [0.15, 0.2) is 0 Å². The van der Waals surface area contributed by atoms with Gasteiger partial charge < -0.3 is 11.1 Å². The first-order valence-electron chi connectivity index (χ1n) is 6.91. The maximum Gasteiger partial charge on any atom is 0.227 e. The van der Waals surface area contributed by atoms with Gasteiger partial charge in [0, 0.05) is 24.8 Å². The first kappa shape index (κ1) is 18.9. The second kappa shape index (κ2) is 7.64. The number of aryl methyl sites for hydroxylation is 1. The van der Waals surface area contributed by atoms with Crippen molar-refractivity contribution in [3.63, 3.8) is 0 Å². The molecule has 1 unspecified atom stereocenters. The van der Waals surface area contributed by atoms with Gasteiger partial charge in [0.2, 0.25) is 5.91 Å². The van der Waals surface area contributed by atoms with Crippen LogP contribution in [-0.4, -0.2) is 22.2 Å². The van der Waals surface area contributed by atoms with Gasteiger partial charge in [-0.15, -0.1) is 12.4 Å². The van der Waals surface area contributed by atoms with E-state index in [0.29, 0.717) is 6.54 Å². The van der Waals surface area contributed by atoms with Gasteiger partial charge in [0.05, 0.1) is 17.7 Å². The lowest BCUT2D eigenvalue weighted by atomic mass is 9.81. The second-order valence-electron chi connectivity index (χ2n) is 5.20. The number of hydrogen-bond acceptors (Lipinski definition) is 3. The van der Waals surface area contributed by atoms with Crippen molar-refractivity contribution in [2.24, 2.45) is 18.2 Å². The molecule has 0 spiro atoms. The van der Waals surface area contributed by atoms with Gasteiger partial charge in [-0.3, -0.25) is 9.48 Å². The summed E-state index contributed by atoms with van der Waals surface area (Å²) in [7, 11) is 1.90. The fraction of sp³-hybridized carbons (Fsp3) is 0.714. The summed E-state index contributed by atoms with van der Waals surface area (Å²) in [5.74, 6) is 0.0377. The van der Waals surface area contributed by atoms with Gasteiger partial charge in [0.25, 0.3) is 0 Å². The highest BCUT2D eigenvalue weighted by molar-refractivity contribution is 5.85. The Morgan fingerprint density at radius 3 is 2.40 bits per heavy atom. The van der Waals surface area contributed by atoms with Crippen molar-refractivity contribution in [3.05, 3.63) is 17.5 Å². The summed E-state index contributed by atoms with van der Waals surface area (Å²) < 4.78 is 1.81. The third-order valence-electron chi connectivity index (χ3n) is 4.31. The average Bonchev–Trinajstić information content (AvgIpc) is 2.73. The molecule has 0 radical (unpaired) electrons. The fourth-order valence-electron chi connectivity index (χ4n) is 2.32. The minimum atomic E-state index is -0.454. The molecule has 1 atom stereocenters. The van der Waals surface area contributed by atoms with E-state index in [1.54, 1.807) is 0 Å². The van der Waals surface area contributed by atoms with E-state index in [1.165, 1.54) is 0 Å². The molecular formula is C14H27ClN4O. The number of hydrogen-bond donors (Lipinski definition) is 2. The summed E-state index contributed by atoms with van der Waals surface area (Å²) in [6.45, 7) is 8.38. The first-order chi connectivity index (χ1) is 8.91. The second-order valence-corrected chi connectivity index (χ2v) is 5.20. The topological polar surface area (TPSA) is 72.9 Å². The Balaban J connectivity index is 0.00000361. The van der Waals surface area contributed by atoms with Crippen molar-refractivity contribution in [1.82, 2.24) is 15.1 Å². The van der Waals surface area contributed by atoms with Gasteiger partial charge in [-0.25, -0.2) is 0 Å². The van der Waals surface area contributed by atoms with Crippen molar-refractivity contribution >= 4 is 18.3 Å². The minimum Gasteiger partial charge on any atom is -0.349 e. The molecule has 6 heteroatoms. The van der Waals surface area contributed by atoms with Crippen LogP contribution in [0.3, 0.4) is 0 Å². The molecule has 1 rings (SSSR count). The molecule has 0 saturated heterocycles. The molecule has 0 aliphatic carbocycles. The minimum absolute atomic E-state index is 0. The van der Waals surface area contributed by atoms with Gasteiger partial charge in [-0.1, -0.05) is 13.8 Å². The Labute approximate surface area is 127 Å². The molecule has 1 heterocycles. The fourth-order valence-corrected chi connectivity index (χ4v) is 2.32. The van der Waals surface area contributed by atoms with Crippen LogP contribution >= 0.6 is 12.4 Å². The summed E-state index contributed by atoms with van der Waals surface area (Å²) in [5.41, 5.74) is 7.47. The first-order valence-corrected chi connectivity index (χ1v) is 6.91. The van der Waals surface area contributed by atoms with Gasteiger partial charge in [-0.05, 0) is 26.7 Å². The predicted octanol–water partition coefficient (Wildman–Crippen LogP) is 2.09. The Kier molecular flexibility index (Phi) is 7.23. The molecule has 0 aliphatic heterocycles. The SMILES string of the molecule is CCC(CC)(CN)C(=O)NC(C)c1cnn(C)c1C.Cl. The van der Waals surface area contributed by atoms with Crippen LogP contribution in [0.25, 0.3) is 0 Å². The quantitative estimate of drug-likeness (QED) is 0.845. The van der Waals surface area contributed by atoms with Crippen molar-refractivity contribution < 1.29 is 4.79 Å². The van der Waals surface area contributed by atoms with Crippen LogP contribution in [0, 0.1) is 12.3 Å². The van der Waals surface area contributed by atoms with Gasteiger partial charge in [0.1, 0.15) is 0 Å². The normalized spacial score (nSPS) is 12.7. The number of halogens is 1. The maximum absolute atomic E-state index is 12.4. The molecule has 0 bridgehead atoms. The van der Waals surface area contributed by atoms with E-state index in [2.05, 4.69) is 10.4 Å². The number of carbonyl (C=O) groups excluding carboxylic acids is 1. The van der Waals surface area contributed by atoms with E-state index < -0.39 is 5.41 Å². The molecule has 0 aromatic carbocycles. The van der Waals surface area contributed by atoms with Crippen LogP contribution in [0.1, 0.15) is 50.9 Å². The number of aromatic nitrogens is 2. The molecule has 1 amide bonds. The van der Waals surface area contributed by atoms with Crippen LogP contribution in [0.5, 0.6) is 0 Å². The maximum atomic E-state index is 12.4. The smallest absolute Gasteiger partial charge is 0.227 e. The Morgan fingerprint density at radius 2 is 2.05 bits per heavy atom. The number of nitrogens with zero attached hydrogens (tertiary/aromatic N) is 2. The van der Waals surface area contributed by atoms with Crippen molar-refractivity contribution in [1.29, 1.82) is 0 Å². The summed E-state index contributed by atoms with van der Waals surface area (Å²) in [6.07, 6.45) is 3.32. The molecule has 0 aliphatic rings. The van der Waals surface area contributed by atoms with Crippen molar-refractivity contribution in [3.8, 4) is 0 Å². The standard InChI is InChI=1S/C14H26N4O.ClH/c1-6-14(7-2,9-15)13(19)17-10(3)12-8-16-18(5)11(12)4;/h8,10H,6-7,9,15H2,1-5H3,(H,17,19);1H. The number of nitrogens with one attached hydrogen (secondary N) is 1. The highest BCUT2D eigenvalue weighted by Gasteiger charge is 2.34. The number of nitrogens with two attached hydrogens (primary N) is 1. The van der Waals surface area contributed by atoms with Crippen LogP contribution in [-0.2, 0) is 11.8 Å². The Morgan fingerprint density at radius 1 is 1.50 bits per heavy atom. The van der Waals surface area contributed by atoms with Gasteiger partial charge >= 0.3 is 0 Å². The van der Waals surface area contributed by atoms with Crippen LogP contribution in [0.15, 0.2) is 6.20 Å². The molecular weight excluding hydrogens is 276 g/mol. The van der Waals surface area contributed by atoms with E-state index in [0.717, 1.165) is 24.1 Å². The largest absolute Gasteiger partial charge is 0.349 e. The molecule has 1 aromatic heterocycles. The average molecular weight is 303 g/mol. The third kappa shape index (κ3) is 3.52. The van der Waals surface area contributed by atoms with Crippen LogP contribution in [0.2, 0.25) is 0 Å². The zero-order valence-electron chi connectivity index (χ0n) is 13.1. The molecule has 20 heavy (non-hydrogen) atoms. The van der Waals surface area contributed by atoms with E-state index in [4.69, 9.17) is 5.73 Å². The molecule has 116 valence electrons. The lowest BCUT2D eigenvalue weighted by Crippen LogP contribution is -2.46. The number of amides is 1. The van der Waals surface area contributed by atoms with Crippen molar-refractivity contribution in [2.75, 3.05) is 6.54 Å². The highest BCUT2D eigenvalue weighted by Crippen LogP contribution is 2.27. The number of rotatable bonds is 6. The summed E-state index contributed by atoms with van der Waals surface area (Å²) in [5, 5.41) is 7.28. The van der Waals surface area contributed by atoms with Crippen LogP contribution < -0.4 is 11.1 Å². The molecule has 0 fully saturated rings. The number of carbonyl (C=O) groups is 1.